The van der Waals surface area contributed by atoms with Crippen LogP contribution in [0.1, 0.15) is 17.3 Å². The first kappa shape index (κ1) is 15.8. The number of hydrogen-bond donors (Lipinski definition) is 0. The molecule has 0 N–H and O–H groups in total. The normalized spacial score (nSPS) is 11.0. The molecule has 2 aromatic rings. The van der Waals surface area contributed by atoms with E-state index in [2.05, 4.69) is 9.47 Å². The second-order valence-corrected chi connectivity index (χ2v) is 4.03. The Balaban J connectivity index is 2.81. The van der Waals surface area contributed by atoms with Crippen molar-refractivity contribution in [2.24, 2.45) is 0 Å². The van der Waals surface area contributed by atoms with Crippen molar-refractivity contribution in [1.82, 2.24) is 4.79 Å². The minimum Gasteiger partial charge on any atom is -0.462 e. The molecule has 0 aliphatic carbocycles. The number of nitrogens with zero attached hydrogens (tertiary/aromatic N) is 1. The van der Waals surface area contributed by atoms with Gasteiger partial charge in [0, 0.05) is 0 Å². The maximum Gasteiger partial charge on any atom is 0.387 e. The average Bonchev–Trinajstić information content (AvgIpc) is 2.44. The standard InChI is InChI=1S/C13H9F4NO4/c1-2-21-12(20)8-10(19)6-4-3-5-7(22-13(15)16)9(6)18(17)11(8)14/h3-5,13H,2H2,1H3. The lowest BCUT2D eigenvalue weighted by atomic mass is 10.1. The molecule has 9 heteroatoms. The van der Waals surface area contributed by atoms with E-state index in [9.17, 15) is 27.2 Å². The van der Waals surface area contributed by atoms with E-state index in [4.69, 9.17) is 0 Å². The molecule has 5 nitrogen and oxygen atoms in total. The number of halogens is 4. The average molecular weight is 319 g/mol. The third kappa shape index (κ3) is 2.61. The Morgan fingerprint density at radius 2 is 2.05 bits per heavy atom. The Morgan fingerprint density at radius 1 is 1.36 bits per heavy atom. The van der Waals surface area contributed by atoms with Crippen LogP contribution < -0.4 is 10.2 Å². The summed E-state index contributed by atoms with van der Waals surface area (Å²) in [7, 11) is 0. The molecule has 22 heavy (non-hydrogen) atoms. The highest BCUT2D eigenvalue weighted by atomic mass is 19.3. The Bertz CT molecular complexity index is 788. The zero-order chi connectivity index (χ0) is 16.4. The van der Waals surface area contributed by atoms with Crippen molar-refractivity contribution < 1.29 is 31.9 Å². The summed E-state index contributed by atoms with van der Waals surface area (Å²) in [6.45, 7) is -2.04. The number of carbonyl (C=O) groups excluding carboxylic acids is 1. The van der Waals surface area contributed by atoms with Crippen molar-refractivity contribution in [3.8, 4) is 5.75 Å². The van der Waals surface area contributed by atoms with Gasteiger partial charge in [0.15, 0.2) is 11.3 Å². The highest BCUT2D eigenvalue weighted by Crippen LogP contribution is 2.27. The van der Waals surface area contributed by atoms with E-state index in [1.807, 2.05) is 0 Å². The molecule has 0 radical (unpaired) electrons. The summed E-state index contributed by atoms with van der Waals surface area (Å²) in [6.07, 6.45) is 0. The zero-order valence-corrected chi connectivity index (χ0v) is 11.1. The van der Waals surface area contributed by atoms with Gasteiger partial charge >= 0.3 is 12.6 Å². The van der Waals surface area contributed by atoms with E-state index in [0.717, 1.165) is 18.2 Å². The first-order chi connectivity index (χ1) is 10.4. The molecule has 0 atom stereocenters. The molecule has 0 unspecified atom stereocenters. The summed E-state index contributed by atoms with van der Waals surface area (Å²) >= 11 is 0. The Kier molecular flexibility index (Phi) is 4.34. The zero-order valence-electron chi connectivity index (χ0n) is 11.1. The number of benzene rings is 1. The predicted molar refractivity (Wildman–Crippen MR) is 67.3 cm³/mol. The van der Waals surface area contributed by atoms with Crippen LogP contribution in [0.4, 0.5) is 17.7 Å². The van der Waals surface area contributed by atoms with Gasteiger partial charge in [-0.25, -0.2) is 4.79 Å². The smallest absolute Gasteiger partial charge is 0.387 e. The molecule has 1 heterocycles. The van der Waals surface area contributed by atoms with Crippen LogP contribution in [-0.4, -0.2) is 24.0 Å². The summed E-state index contributed by atoms with van der Waals surface area (Å²) in [5.41, 5.74) is -3.16. The van der Waals surface area contributed by atoms with Gasteiger partial charge in [0.05, 0.1) is 12.0 Å². The largest absolute Gasteiger partial charge is 0.462 e. The van der Waals surface area contributed by atoms with E-state index < -0.39 is 51.0 Å². The number of ether oxygens (including phenoxy) is 2. The molecule has 0 aliphatic heterocycles. The minimum atomic E-state index is -3.30. The molecule has 118 valence electrons. The van der Waals surface area contributed by atoms with Gasteiger partial charge in [-0.15, -0.1) is 4.79 Å². The molecule has 0 spiro atoms. The van der Waals surface area contributed by atoms with Crippen LogP contribution in [0, 0.1) is 5.95 Å². The molecular formula is C13H9F4NO4. The number of pyridine rings is 1. The van der Waals surface area contributed by atoms with Gasteiger partial charge in [0.2, 0.25) is 11.4 Å². The van der Waals surface area contributed by atoms with Crippen molar-refractivity contribution >= 4 is 16.9 Å². The van der Waals surface area contributed by atoms with Crippen molar-refractivity contribution in [2.75, 3.05) is 6.61 Å². The second kappa shape index (κ2) is 6.04. The van der Waals surface area contributed by atoms with Crippen molar-refractivity contribution in [2.45, 2.75) is 13.5 Å². The molecule has 0 saturated carbocycles. The van der Waals surface area contributed by atoms with Crippen LogP contribution in [0.2, 0.25) is 0 Å². The van der Waals surface area contributed by atoms with E-state index in [0.29, 0.717) is 0 Å². The van der Waals surface area contributed by atoms with Crippen LogP contribution in [0.15, 0.2) is 23.0 Å². The molecule has 0 saturated heterocycles. The summed E-state index contributed by atoms with van der Waals surface area (Å²) in [5.74, 6) is -3.93. The van der Waals surface area contributed by atoms with E-state index in [-0.39, 0.29) is 6.61 Å². The second-order valence-electron chi connectivity index (χ2n) is 4.03. The number of aromatic nitrogens is 1. The third-order valence-electron chi connectivity index (χ3n) is 2.74. The first-order valence-electron chi connectivity index (χ1n) is 6.03. The fourth-order valence-electron chi connectivity index (χ4n) is 1.90. The number of fused-ring (bicyclic) bond motifs is 1. The fraction of sp³-hybridized carbons (Fsp3) is 0.231. The van der Waals surface area contributed by atoms with Gasteiger partial charge in [-0.05, 0) is 19.1 Å². The molecule has 1 aromatic carbocycles. The first-order valence-corrected chi connectivity index (χ1v) is 6.03. The van der Waals surface area contributed by atoms with Crippen LogP contribution in [0.25, 0.3) is 10.9 Å². The third-order valence-corrected chi connectivity index (χ3v) is 2.74. The van der Waals surface area contributed by atoms with Crippen LogP contribution >= 0.6 is 0 Å². The fourth-order valence-corrected chi connectivity index (χ4v) is 1.90. The summed E-state index contributed by atoms with van der Waals surface area (Å²) in [5, 5.41) is -0.495. The van der Waals surface area contributed by atoms with E-state index >= 15 is 0 Å². The van der Waals surface area contributed by atoms with Gasteiger partial charge in [0.1, 0.15) is 5.52 Å². The predicted octanol–water partition coefficient (Wildman–Crippen LogP) is 2.65. The van der Waals surface area contributed by atoms with Crippen LogP contribution in [-0.2, 0) is 4.74 Å². The highest BCUT2D eigenvalue weighted by Gasteiger charge is 2.26. The van der Waals surface area contributed by atoms with E-state index in [1.165, 1.54) is 6.92 Å². The Morgan fingerprint density at radius 3 is 2.64 bits per heavy atom. The van der Waals surface area contributed by atoms with Gasteiger partial charge in [-0.3, -0.25) is 4.79 Å². The number of para-hydroxylation sites is 1. The lowest BCUT2D eigenvalue weighted by Gasteiger charge is -2.11. The minimum absolute atomic E-state index is 0.156. The van der Waals surface area contributed by atoms with Gasteiger partial charge < -0.3 is 9.47 Å². The van der Waals surface area contributed by atoms with E-state index in [1.54, 1.807) is 0 Å². The number of alkyl halides is 2. The number of esters is 1. The molecule has 0 amide bonds. The molecule has 1 aromatic heterocycles. The Labute approximate surface area is 120 Å². The van der Waals surface area contributed by atoms with Gasteiger partial charge in [-0.2, -0.15) is 13.2 Å². The molecule has 2 rings (SSSR count). The molecule has 0 fully saturated rings. The highest BCUT2D eigenvalue weighted by molar-refractivity contribution is 5.95. The van der Waals surface area contributed by atoms with Crippen molar-refractivity contribution in [3.05, 3.63) is 39.9 Å². The lowest BCUT2D eigenvalue weighted by molar-refractivity contribution is -0.0492. The van der Waals surface area contributed by atoms with Gasteiger partial charge in [0.25, 0.3) is 0 Å². The van der Waals surface area contributed by atoms with Crippen molar-refractivity contribution in [1.29, 1.82) is 0 Å². The van der Waals surface area contributed by atoms with Crippen LogP contribution in [0.3, 0.4) is 0 Å². The topological polar surface area (TPSA) is 57.5 Å². The Hall–Kier alpha value is -2.58. The van der Waals surface area contributed by atoms with Gasteiger partial charge in [-0.1, -0.05) is 10.5 Å². The SMILES string of the molecule is CCOC(=O)c1c(F)n(F)c2c(OC(F)F)cccc2c1=O. The summed E-state index contributed by atoms with van der Waals surface area (Å²) in [6, 6.07) is 3.12. The molecule has 0 bridgehead atoms. The summed E-state index contributed by atoms with van der Waals surface area (Å²) < 4.78 is 61.1. The molecular weight excluding hydrogens is 310 g/mol. The summed E-state index contributed by atoms with van der Waals surface area (Å²) in [4.78, 5) is 22.9. The van der Waals surface area contributed by atoms with Crippen LogP contribution in [0.5, 0.6) is 5.75 Å². The molecule has 0 aliphatic rings. The number of carbonyl (C=O) groups is 1. The number of rotatable bonds is 4. The van der Waals surface area contributed by atoms with Crippen molar-refractivity contribution in [3.63, 3.8) is 0 Å². The lowest BCUT2D eigenvalue weighted by Crippen LogP contribution is -2.23. The maximum atomic E-state index is 14.0. The number of hydrogen-bond acceptors (Lipinski definition) is 4. The maximum absolute atomic E-state index is 14.0. The quantitative estimate of drug-likeness (QED) is 0.494. The monoisotopic (exact) mass is 319 g/mol.